The highest BCUT2D eigenvalue weighted by Gasteiger charge is 2.17. The lowest BCUT2D eigenvalue weighted by molar-refractivity contribution is -0.667. The molecule has 48 heavy (non-hydrogen) atoms. The maximum Gasteiger partial charge on any atom is 0.408 e. The molecule has 4 rings (SSSR count). The molecule has 0 aliphatic heterocycles. The Morgan fingerprint density at radius 1 is 0.646 bits per heavy atom. The van der Waals surface area contributed by atoms with Gasteiger partial charge in [0.25, 0.3) is 11.8 Å². The first-order valence-corrected chi connectivity index (χ1v) is 18.6. The van der Waals surface area contributed by atoms with Gasteiger partial charge in [0.2, 0.25) is 0 Å². The van der Waals surface area contributed by atoms with E-state index in [1.54, 1.807) is 30.7 Å². The molecule has 18 heteroatoms. The molecule has 2 aromatic heterocycles. The molecule has 0 aliphatic rings. The highest BCUT2D eigenvalue weighted by atomic mass is 79.9. The molecule has 12 nitrogen and oxygen atoms in total. The van der Waals surface area contributed by atoms with Gasteiger partial charge in [0.15, 0.2) is 13.1 Å². The Kier molecular flexibility index (Phi) is 18.9. The zero-order valence-electron chi connectivity index (χ0n) is 27.0. The average molecular weight is 859 g/mol. The van der Waals surface area contributed by atoms with Gasteiger partial charge in [-0.1, -0.05) is 21.6 Å². The molecule has 0 fully saturated rings. The third-order valence-electron chi connectivity index (χ3n) is 6.28. The topological polar surface area (TPSA) is 122 Å². The van der Waals surface area contributed by atoms with Crippen LogP contribution in [0.4, 0.5) is 33.0 Å². The molecule has 0 unspecified atom stereocenters. The fourth-order valence-corrected chi connectivity index (χ4v) is 7.00. The first-order valence-electron chi connectivity index (χ1n) is 14.4. The maximum atomic E-state index is 12.5. The Bertz CT molecular complexity index is 1490. The van der Waals surface area contributed by atoms with Crippen molar-refractivity contribution in [2.45, 2.75) is 13.1 Å². The number of hydrogen-bond acceptors (Lipinski definition) is 12. The summed E-state index contributed by atoms with van der Waals surface area (Å²) in [7, 11) is 11.3. The molecule has 4 aromatic rings. The highest BCUT2D eigenvalue weighted by Crippen LogP contribution is 2.23. The monoisotopic (exact) mass is 856 g/mol. The van der Waals surface area contributed by atoms with E-state index in [0.29, 0.717) is 23.4 Å². The number of benzene rings is 2. The van der Waals surface area contributed by atoms with Gasteiger partial charge in [0, 0.05) is 74.9 Å². The Hall–Kier alpha value is -2.90. The molecule has 0 spiro atoms. The number of nitrogens with zero attached hydrogens (tertiary/aromatic N) is 8. The number of amides is 2. The number of aromatic nitrogens is 2. The first-order chi connectivity index (χ1) is 22.3. The highest BCUT2D eigenvalue weighted by molar-refractivity contribution is 8.76. The van der Waals surface area contributed by atoms with Gasteiger partial charge in [-0.15, -0.1) is 0 Å². The van der Waals surface area contributed by atoms with Crippen molar-refractivity contribution in [1.82, 2.24) is 10.6 Å². The number of hydrogen-bond donors (Lipinski definition) is 2. The van der Waals surface area contributed by atoms with E-state index in [0.717, 1.165) is 34.3 Å². The fraction of sp³-hybridized carbons (Fsp3) is 0.333. The van der Waals surface area contributed by atoms with Crippen LogP contribution >= 0.6 is 44.3 Å². The smallest absolute Gasteiger partial charge is 0.408 e. The summed E-state index contributed by atoms with van der Waals surface area (Å²) in [5, 5.41) is 28.3. The van der Waals surface area contributed by atoms with Crippen molar-refractivity contribution < 1.29 is 52.7 Å². The number of carbonyl (C=O) groups is 2. The Labute approximate surface area is 318 Å². The minimum absolute atomic E-state index is 0. The third-order valence-corrected chi connectivity index (χ3v) is 10.3. The summed E-state index contributed by atoms with van der Waals surface area (Å²) in [6, 6.07) is 15.6. The molecule has 2 heterocycles. The van der Waals surface area contributed by atoms with Crippen molar-refractivity contribution in [2.24, 2.45) is 20.5 Å². The van der Waals surface area contributed by atoms with Crippen molar-refractivity contribution in [3.63, 3.8) is 0 Å². The van der Waals surface area contributed by atoms with E-state index in [9.17, 15) is 9.59 Å². The largest absolute Gasteiger partial charge is 1.00 e. The predicted octanol–water partition coefficient (Wildman–Crippen LogP) is -0.331. The number of carbonyl (C=O) groups excluding carboxylic acids is 2. The second-order valence-electron chi connectivity index (χ2n) is 10.2. The molecule has 2 amide bonds. The van der Waals surface area contributed by atoms with E-state index < -0.39 is 0 Å². The Morgan fingerprint density at radius 3 is 1.38 bits per heavy atom. The standard InChI is InChI=1S/C30H36N10O2S4.2BrH/c1-37(2)25-9-5-23(6-10-25)33-35-29-39(15-19-43-29)21-27(41)31-13-17-45-46-18-14-32-28(42)22-40-16-20-44-30(40)36-34-24-7-11-26(12-8-24)38(3)4;;/h5-12,15-16,19-20H,13-14,17-18,21-22H2,1-4H3;2*1H. The van der Waals surface area contributed by atoms with E-state index in [1.807, 2.05) is 110 Å². The third kappa shape index (κ3) is 13.9. The van der Waals surface area contributed by atoms with Crippen LogP contribution in [0.1, 0.15) is 0 Å². The molecule has 0 saturated carbocycles. The molecule has 0 atom stereocenters. The van der Waals surface area contributed by atoms with Gasteiger partial charge in [-0.05, 0) is 81.4 Å². The quantitative estimate of drug-likeness (QED) is 0.0651. The van der Waals surface area contributed by atoms with Crippen LogP contribution in [-0.4, -0.2) is 64.6 Å². The van der Waals surface area contributed by atoms with Gasteiger partial charge in [0.1, 0.15) is 23.8 Å². The fourth-order valence-electron chi connectivity index (χ4n) is 3.83. The molecule has 2 aromatic carbocycles. The lowest BCUT2D eigenvalue weighted by Crippen LogP contribution is -3.00. The second kappa shape index (κ2) is 21.9. The van der Waals surface area contributed by atoms with Crippen molar-refractivity contribution >= 4 is 89.1 Å². The van der Waals surface area contributed by atoms with E-state index in [2.05, 4.69) is 31.1 Å². The van der Waals surface area contributed by atoms with E-state index >= 15 is 0 Å². The normalized spacial score (nSPS) is 10.8. The van der Waals surface area contributed by atoms with Gasteiger partial charge in [-0.2, -0.15) is 0 Å². The van der Waals surface area contributed by atoms with Crippen molar-refractivity contribution in [3.05, 3.63) is 71.7 Å². The lowest BCUT2D eigenvalue weighted by atomic mass is 10.3. The van der Waals surface area contributed by atoms with Crippen LogP contribution in [0, 0.1) is 0 Å². The zero-order valence-corrected chi connectivity index (χ0v) is 33.4. The van der Waals surface area contributed by atoms with Gasteiger partial charge in [-0.25, -0.2) is 9.13 Å². The molecule has 0 aliphatic carbocycles. The molecule has 0 bridgehead atoms. The van der Waals surface area contributed by atoms with E-state index in [4.69, 9.17) is 0 Å². The number of rotatable bonds is 17. The molecule has 0 saturated heterocycles. The average Bonchev–Trinajstić information content (AvgIpc) is 3.69. The summed E-state index contributed by atoms with van der Waals surface area (Å²) < 4.78 is 3.57. The minimum atomic E-state index is -0.0832. The second-order valence-corrected chi connectivity index (χ2v) is 14.6. The number of thiazole rings is 2. The number of azo groups is 2. The number of anilines is 2. The maximum absolute atomic E-state index is 12.5. The number of halogens is 2. The summed E-state index contributed by atoms with van der Waals surface area (Å²) in [5.41, 5.74) is 3.68. The van der Waals surface area contributed by atoms with E-state index in [-0.39, 0.29) is 58.9 Å². The van der Waals surface area contributed by atoms with Gasteiger partial charge >= 0.3 is 10.3 Å². The first kappa shape index (κ1) is 41.3. The van der Waals surface area contributed by atoms with Gasteiger partial charge in [0.05, 0.1) is 10.2 Å². The molecule has 0 radical (unpaired) electrons. The molecular formula is C30H38Br2N10O2S4. The van der Waals surface area contributed by atoms with Crippen molar-refractivity contribution in [3.8, 4) is 0 Å². The van der Waals surface area contributed by atoms with E-state index in [1.165, 1.54) is 22.7 Å². The molecule has 2 N–H and O–H groups in total. The SMILES string of the molecule is CN(C)c1ccc(N=Nc2scc[n+]2CC(=O)NCCSSCCNC(=O)C[n+]2ccsc2N=Nc2ccc(N(C)C)cc2)cc1.[Br-].[Br-]. The molecular weight excluding hydrogens is 820 g/mol. The van der Waals surface area contributed by atoms with Crippen LogP contribution in [0.5, 0.6) is 0 Å². The Morgan fingerprint density at radius 2 is 1.02 bits per heavy atom. The summed E-state index contributed by atoms with van der Waals surface area (Å²) in [4.78, 5) is 29.0. The van der Waals surface area contributed by atoms with Gasteiger partial charge in [-0.3, -0.25) is 9.59 Å². The predicted molar refractivity (Wildman–Crippen MR) is 190 cm³/mol. The van der Waals surface area contributed by atoms with Crippen molar-refractivity contribution in [2.75, 3.05) is 62.6 Å². The van der Waals surface area contributed by atoms with Crippen LogP contribution in [0.25, 0.3) is 0 Å². The summed E-state index contributed by atoms with van der Waals surface area (Å²) >= 11 is 2.86. The summed E-state index contributed by atoms with van der Waals surface area (Å²) in [5.74, 6) is 1.34. The van der Waals surface area contributed by atoms with Crippen LogP contribution in [0.3, 0.4) is 0 Å². The molecule has 258 valence electrons. The van der Waals surface area contributed by atoms with Crippen molar-refractivity contribution in [1.29, 1.82) is 0 Å². The summed E-state index contributed by atoms with van der Waals surface area (Å²) in [6.45, 7) is 1.45. The Balaban J connectivity index is 0.00000400. The van der Waals surface area contributed by atoms with Crippen LogP contribution < -0.4 is 63.5 Å². The lowest BCUT2D eigenvalue weighted by Gasteiger charge is -2.11. The zero-order chi connectivity index (χ0) is 32.7. The van der Waals surface area contributed by atoms with Crippen LogP contribution in [0.2, 0.25) is 0 Å². The van der Waals surface area contributed by atoms with Gasteiger partial charge < -0.3 is 54.4 Å². The minimum Gasteiger partial charge on any atom is -1.00 e. The van der Waals surface area contributed by atoms with Crippen LogP contribution in [0.15, 0.2) is 92.1 Å². The van der Waals surface area contributed by atoms with Crippen LogP contribution in [-0.2, 0) is 22.7 Å². The number of nitrogens with one attached hydrogen (secondary N) is 2. The summed E-state index contributed by atoms with van der Waals surface area (Å²) in [6.07, 6.45) is 3.67.